The monoisotopic (exact) mass is 303 g/mol. The minimum Gasteiger partial charge on any atom is -0.390 e. The molecule has 0 radical (unpaired) electrons. The number of hydrogen-bond donors (Lipinski definition) is 3. The molecule has 0 spiro atoms. The molecular formula is C17H22FN3O. The molecule has 2 rings (SSSR count). The van der Waals surface area contributed by atoms with Crippen LogP contribution in [-0.4, -0.2) is 22.4 Å². The molecule has 0 fully saturated rings. The molecule has 0 aliphatic carbocycles. The molecule has 0 amide bonds. The first kappa shape index (κ1) is 16.6. The summed E-state index contributed by atoms with van der Waals surface area (Å²) in [6.45, 7) is 0.351. The summed E-state index contributed by atoms with van der Waals surface area (Å²) >= 11 is 0. The van der Waals surface area contributed by atoms with Crippen LogP contribution in [0.5, 0.6) is 0 Å². The molecule has 5 N–H and O–H groups in total. The summed E-state index contributed by atoms with van der Waals surface area (Å²) in [6.07, 6.45) is -0.137. The second kappa shape index (κ2) is 8.00. The number of aliphatic hydroxyl groups is 1. The Kier molecular flexibility index (Phi) is 6.03. The van der Waals surface area contributed by atoms with Gasteiger partial charge in [-0.1, -0.05) is 42.5 Å². The van der Waals surface area contributed by atoms with E-state index >= 15 is 0 Å². The van der Waals surface area contributed by atoms with Crippen molar-refractivity contribution in [1.29, 1.82) is 0 Å². The van der Waals surface area contributed by atoms with E-state index in [9.17, 15) is 9.50 Å². The van der Waals surface area contributed by atoms with Crippen molar-refractivity contribution in [3.05, 3.63) is 71.5 Å². The number of nitrogens with two attached hydrogens (primary N) is 2. The molecule has 118 valence electrons. The molecule has 0 unspecified atom stereocenters. The summed E-state index contributed by atoms with van der Waals surface area (Å²) in [5.41, 5.74) is 7.97. The fourth-order valence-corrected chi connectivity index (χ4v) is 2.26. The summed E-state index contributed by atoms with van der Waals surface area (Å²) in [5.74, 6) is 5.62. The van der Waals surface area contributed by atoms with Gasteiger partial charge >= 0.3 is 0 Å². The Balaban J connectivity index is 1.83. The van der Waals surface area contributed by atoms with Gasteiger partial charge in [0.1, 0.15) is 5.82 Å². The molecule has 0 bridgehead atoms. The average Bonchev–Trinajstić information content (AvgIpc) is 2.55. The number of aryl methyl sites for hydroxylation is 1. The van der Waals surface area contributed by atoms with E-state index in [1.165, 1.54) is 17.1 Å². The molecule has 0 aromatic heterocycles. The van der Waals surface area contributed by atoms with Crippen LogP contribution in [0.3, 0.4) is 0 Å². The maximum absolute atomic E-state index is 12.9. The molecule has 0 aliphatic heterocycles. The van der Waals surface area contributed by atoms with Crippen molar-refractivity contribution in [3.63, 3.8) is 0 Å². The first-order chi connectivity index (χ1) is 10.6. The number of halogens is 1. The van der Waals surface area contributed by atoms with Gasteiger partial charge in [-0.3, -0.25) is 5.84 Å². The van der Waals surface area contributed by atoms with Gasteiger partial charge in [0.05, 0.1) is 12.3 Å². The predicted octanol–water partition coefficient (Wildman–Crippen LogP) is 1.78. The Hall–Kier alpha value is -1.79. The summed E-state index contributed by atoms with van der Waals surface area (Å²) < 4.78 is 12.9. The van der Waals surface area contributed by atoms with Crippen molar-refractivity contribution in [2.75, 3.05) is 0 Å². The van der Waals surface area contributed by atoms with Crippen LogP contribution >= 0.6 is 0 Å². The minimum atomic E-state index is -0.731. The van der Waals surface area contributed by atoms with Crippen molar-refractivity contribution in [1.82, 2.24) is 5.01 Å². The van der Waals surface area contributed by atoms with Crippen LogP contribution in [0.2, 0.25) is 0 Å². The second-order valence-corrected chi connectivity index (χ2v) is 5.38. The van der Waals surface area contributed by atoms with Gasteiger partial charge in [-0.05, 0) is 36.1 Å². The lowest BCUT2D eigenvalue weighted by atomic mass is 10.1. The van der Waals surface area contributed by atoms with Crippen LogP contribution in [-0.2, 0) is 13.0 Å². The Labute approximate surface area is 130 Å². The lowest BCUT2D eigenvalue weighted by Gasteiger charge is -2.28. The molecule has 2 atom stereocenters. The first-order valence-electron chi connectivity index (χ1n) is 7.29. The minimum absolute atomic E-state index is 0.292. The Morgan fingerprint density at radius 2 is 1.64 bits per heavy atom. The third kappa shape index (κ3) is 4.89. The van der Waals surface area contributed by atoms with E-state index in [1.807, 2.05) is 30.3 Å². The third-order valence-corrected chi connectivity index (χ3v) is 3.63. The van der Waals surface area contributed by atoms with Gasteiger partial charge in [-0.2, -0.15) is 0 Å². The molecule has 4 nitrogen and oxygen atoms in total. The average molecular weight is 303 g/mol. The predicted molar refractivity (Wildman–Crippen MR) is 84.9 cm³/mol. The highest BCUT2D eigenvalue weighted by Crippen LogP contribution is 2.10. The number of hydrazine groups is 1. The maximum atomic E-state index is 12.9. The van der Waals surface area contributed by atoms with Crippen LogP contribution < -0.4 is 11.6 Å². The van der Waals surface area contributed by atoms with Gasteiger partial charge < -0.3 is 10.8 Å². The number of hydrogen-bond acceptors (Lipinski definition) is 4. The van der Waals surface area contributed by atoms with Crippen LogP contribution in [0.1, 0.15) is 17.5 Å². The van der Waals surface area contributed by atoms with Gasteiger partial charge in [0.15, 0.2) is 0 Å². The van der Waals surface area contributed by atoms with Crippen molar-refractivity contribution < 1.29 is 9.50 Å². The Morgan fingerprint density at radius 1 is 1.00 bits per heavy atom. The summed E-state index contributed by atoms with van der Waals surface area (Å²) in [7, 11) is 0. The van der Waals surface area contributed by atoms with E-state index in [-0.39, 0.29) is 5.82 Å². The lowest BCUT2D eigenvalue weighted by molar-refractivity contribution is 0.0418. The van der Waals surface area contributed by atoms with E-state index in [1.54, 1.807) is 12.1 Å². The number of aliphatic hydroxyl groups excluding tert-OH is 1. The normalized spacial score (nSPS) is 14.0. The van der Waals surface area contributed by atoms with Crippen molar-refractivity contribution >= 4 is 0 Å². The zero-order chi connectivity index (χ0) is 15.9. The molecule has 0 heterocycles. The summed E-state index contributed by atoms with van der Waals surface area (Å²) in [6, 6.07) is 16.0. The van der Waals surface area contributed by atoms with Crippen molar-refractivity contribution in [3.8, 4) is 0 Å². The highest BCUT2D eigenvalue weighted by Gasteiger charge is 2.20. The van der Waals surface area contributed by atoms with Gasteiger partial charge in [0.25, 0.3) is 0 Å². The highest BCUT2D eigenvalue weighted by atomic mass is 19.1. The van der Waals surface area contributed by atoms with E-state index in [0.29, 0.717) is 13.0 Å². The smallest absolute Gasteiger partial charge is 0.123 e. The van der Waals surface area contributed by atoms with E-state index in [4.69, 9.17) is 11.6 Å². The van der Waals surface area contributed by atoms with E-state index in [2.05, 4.69) is 0 Å². The van der Waals surface area contributed by atoms with Crippen LogP contribution in [0.4, 0.5) is 4.39 Å². The molecular weight excluding hydrogens is 281 g/mol. The summed E-state index contributed by atoms with van der Waals surface area (Å²) in [4.78, 5) is 0. The van der Waals surface area contributed by atoms with E-state index in [0.717, 1.165) is 17.5 Å². The quantitative estimate of drug-likeness (QED) is 0.414. The van der Waals surface area contributed by atoms with E-state index < -0.39 is 12.3 Å². The zero-order valence-corrected chi connectivity index (χ0v) is 12.4. The molecule has 0 saturated heterocycles. The van der Waals surface area contributed by atoms with Crippen LogP contribution in [0.15, 0.2) is 54.6 Å². The Morgan fingerprint density at radius 3 is 2.27 bits per heavy atom. The highest BCUT2D eigenvalue weighted by molar-refractivity contribution is 5.16. The topological polar surface area (TPSA) is 75.5 Å². The molecule has 2 aromatic rings. The van der Waals surface area contributed by atoms with Gasteiger partial charge in [-0.25, -0.2) is 9.40 Å². The maximum Gasteiger partial charge on any atom is 0.123 e. The summed E-state index contributed by atoms with van der Waals surface area (Å²) in [5, 5.41) is 11.5. The van der Waals surface area contributed by atoms with Gasteiger partial charge in [0, 0.05) is 6.54 Å². The van der Waals surface area contributed by atoms with Gasteiger partial charge in [0.2, 0.25) is 0 Å². The number of nitrogens with zero attached hydrogens (tertiary/aromatic N) is 1. The van der Waals surface area contributed by atoms with Gasteiger partial charge in [-0.15, -0.1) is 0 Å². The Bertz CT molecular complexity index is 562. The fourth-order valence-electron chi connectivity index (χ4n) is 2.26. The molecule has 0 saturated carbocycles. The molecule has 22 heavy (non-hydrogen) atoms. The largest absolute Gasteiger partial charge is 0.390 e. The van der Waals surface area contributed by atoms with Crippen molar-refractivity contribution in [2.24, 2.45) is 11.6 Å². The number of benzene rings is 2. The molecule has 0 aliphatic rings. The molecule has 5 heteroatoms. The first-order valence-corrected chi connectivity index (χ1v) is 7.29. The van der Waals surface area contributed by atoms with Crippen molar-refractivity contribution in [2.45, 2.75) is 31.7 Å². The lowest BCUT2D eigenvalue weighted by Crippen LogP contribution is -2.53. The number of rotatable bonds is 7. The SMILES string of the molecule is N[C@H]([C@@H](O)CCc1ccccc1)N(N)Cc1ccc(F)cc1. The fraction of sp³-hybridized carbons (Fsp3) is 0.294. The second-order valence-electron chi connectivity index (χ2n) is 5.38. The molecule has 2 aromatic carbocycles. The third-order valence-electron chi connectivity index (χ3n) is 3.63. The van der Waals surface area contributed by atoms with Crippen LogP contribution in [0, 0.1) is 5.82 Å². The standard InChI is InChI=1S/C17H22FN3O/c18-15-9-6-14(7-10-15)12-21(20)17(19)16(22)11-8-13-4-2-1-3-5-13/h1-7,9-10,16-17,22H,8,11-12,19-20H2/t16-,17-/m0/s1. The van der Waals surface area contributed by atoms with Crippen LogP contribution in [0.25, 0.3) is 0 Å². The zero-order valence-electron chi connectivity index (χ0n) is 12.4.